The van der Waals surface area contributed by atoms with Crippen molar-refractivity contribution in [1.29, 1.82) is 0 Å². The molecular formula is C4H13N3O. The fraction of sp³-hybridized carbons (Fsp3) is 1.00. The van der Waals surface area contributed by atoms with Gasteiger partial charge in [0.2, 0.25) is 0 Å². The molecule has 0 bridgehead atoms. The third kappa shape index (κ3) is 4.01. The molecule has 0 aromatic heterocycles. The Morgan fingerprint density at radius 2 is 2.25 bits per heavy atom. The van der Waals surface area contributed by atoms with Gasteiger partial charge < -0.3 is 10.8 Å². The molecule has 8 heavy (non-hydrogen) atoms. The maximum absolute atomic E-state index is 8.77. The predicted octanol–water partition coefficient (Wildman–Crippen LogP) is -1.84. The summed E-state index contributed by atoms with van der Waals surface area (Å²) in [7, 11) is 0. The zero-order chi connectivity index (χ0) is 6.41. The van der Waals surface area contributed by atoms with Gasteiger partial charge in [-0.1, -0.05) is 0 Å². The third-order valence-electron chi connectivity index (χ3n) is 0.894. The Balaban J connectivity index is 2.86. The highest BCUT2D eigenvalue weighted by atomic mass is 16.3. The average Bonchev–Trinajstić information content (AvgIpc) is 1.83. The van der Waals surface area contributed by atoms with Gasteiger partial charge in [0.25, 0.3) is 0 Å². The zero-order valence-electron chi connectivity index (χ0n) is 4.80. The molecule has 1 unspecified atom stereocenters. The minimum atomic E-state index is -0.411. The number of hydrogen-bond donors (Lipinski definition) is 4. The molecule has 0 heterocycles. The van der Waals surface area contributed by atoms with E-state index in [1.807, 2.05) is 0 Å². The second-order valence-corrected chi connectivity index (χ2v) is 1.63. The molecular weight excluding hydrogens is 106 g/mol. The van der Waals surface area contributed by atoms with Crippen molar-refractivity contribution in [2.75, 3.05) is 13.1 Å². The highest BCUT2D eigenvalue weighted by molar-refractivity contribution is 4.54. The van der Waals surface area contributed by atoms with Crippen LogP contribution < -0.4 is 17.0 Å². The first-order valence-corrected chi connectivity index (χ1v) is 2.63. The lowest BCUT2D eigenvalue weighted by Crippen LogP contribution is -2.29. The molecule has 50 valence electrons. The van der Waals surface area contributed by atoms with Gasteiger partial charge in [-0.25, -0.2) is 0 Å². The summed E-state index contributed by atoms with van der Waals surface area (Å²) in [6, 6.07) is 0. The molecule has 0 aromatic carbocycles. The van der Waals surface area contributed by atoms with Crippen LogP contribution in [0.2, 0.25) is 0 Å². The van der Waals surface area contributed by atoms with Crippen LogP contribution in [0, 0.1) is 0 Å². The van der Waals surface area contributed by atoms with Crippen LogP contribution in [0.25, 0.3) is 0 Å². The summed E-state index contributed by atoms with van der Waals surface area (Å²) in [5.41, 5.74) is 7.51. The third-order valence-corrected chi connectivity index (χ3v) is 0.894. The number of aliphatic hydroxyl groups excluding tert-OH is 1. The highest BCUT2D eigenvalue weighted by Crippen LogP contribution is 1.83. The van der Waals surface area contributed by atoms with Crippen LogP contribution in [-0.4, -0.2) is 24.3 Å². The SMILES string of the molecule is NCC(O)CCNN. The van der Waals surface area contributed by atoms with Gasteiger partial charge in [0.15, 0.2) is 0 Å². The molecule has 0 fully saturated rings. The standard InChI is InChI=1S/C4H13N3O/c5-3-4(8)1-2-7-6/h4,7-8H,1-3,5-6H2. The second kappa shape index (κ2) is 4.99. The van der Waals surface area contributed by atoms with Gasteiger partial charge in [-0.3, -0.25) is 11.3 Å². The maximum atomic E-state index is 8.77. The molecule has 1 atom stereocenters. The van der Waals surface area contributed by atoms with E-state index in [1.54, 1.807) is 0 Å². The molecule has 0 aromatic rings. The van der Waals surface area contributed by atoms with Crippen molar-refractivity contribution in [2.24, 2.45) is 11.6 Å². The number of hydrogen-bond acceptors (Lipinski definition) is 4. The fourth-order valence-electron chi connectivity index (χ4n) is 0.368. The first kappa shape index (κ1) is 7.84. The van der Waals surface area contributed by atoms with Crippen LogP contribution in [0.3, 0.4) is 0 Å². The van der Waals surface area contributed by atoms with Crippen LogP contribution in [0.15, 0.2) is 0 Å². The van der Waals surface area contributed by atoms with Crippen LogP contribution in [0.1, 0.15) is 6.42 Å². The lowest BCUT2D eigenvalue weighted by Gasteiger charge is -2.04. The van der Waals surface area contributed by atoms with Crippen molar-refractivity contribution in [3.05, 3.63) is 0 Å². The van der Waals surface area contributed by atoms with Gasteiger partial charge in [0.1, 0.15) is 0 Å². The molecule has 0 aliphatic heterocycles. The normalized spacial score (nSPS) is 13.9. The van der Waals surface area contributed by atoms with E-state index in [0.717, 1.165) is 0 Å². The maximum Gasteiger partial charge on any atom is 0.0675 e. The van der Waals surface area contributed by atoms with Crippen molar-refractivity contribution in [3.63, 3.8) is 0 Å². The Labute approximate surface area is 48.8 Å². The first-order valence-electron chi connectivity index (χ1n) is 2.63. The average molecular weight is 119 g/mol. The number of nitrogens with two attached hydrogens (primary N) is 2. The number of hydrazine groups is 1. The van der Waals surface area contributed by atoms with Crippen molar-refractivity contribution in [2.45, 2.75) is 12.5 Å². The molecule has 4 nitrogen and oxygen atoms in total. The van der Waals surface area contributed by atoms with E-state index >= 15 is 0 Å². The first-order chi connectivity index (χ1) is 3.81. The Morgan fingerprint density at radius 3 is 2.62 bits per heavy atom. The van der Waals surface area contributed by atoms with Crippen LogP contribution in [-0.2, 0) is 0 Å². The van der Waals surface area contributed by atoms with E-state index in [0.29, 0.717) is 19.5 Å². The summed E-state index contributed by atoms with van der Waals surface area (Å²) in [4.78, 5) is 0. The lowest BCUT2D eigenvalue weighted by molar-refractivity contribution is 0.172. The van der Waals surface area contributed by atoms with Crippen molar-refractivity contribution in [1.82, 2.24) is 5.43 Å². The molecule has 0 saturated heterocycles. The van der Waals surface area contributed by atoms with Gasteiger partial charge in [0, 0.05) is 13.1 Å². The van der Waals surface area contributed by atoms with E-state index in [2.05, 4.69) is 5.43 Å². The zero-order valence-corrected chi connectivity index (χ0v) is 4.80. The van der Waals surface area contributed by atoms with E-state index in [4.69, 9.17) is 16.7 Å². The summed E-state index contributed by atoms with van der Waals surface area (Å²) in [5.74, 6) is 4.93. The van der Waals surface area contributed by atoms with Gasteiger partial charge in [-0.05, 0) is 6.42 Å². The monoisotopic (exact) mass is 119 g/mol. The van der Waals surface area contributed by atoms with Gasteiger partial charge in [0.05, 0.1) is 6.10 Å². The van der Waals surface area contributed by atoms with E-state index in [1.165, 1.54) is 0 Å². The number of nitrogens with one attached hydrogen (secondary N) is 1. The highest BCUT2D eigenvalue weighted by Gasteiger charge is 1.96. The molecule has 0 spiro atoms. The van der Waals surface area contributed by atoms with E-state index < -0.39 is 6.10 Å². The Kier molecular flexibility index (Phi) is 4.89. The molecule has 0 aliphatic rings. The molecule has 6 N–H and O–H groups in total. The predicted molar refractivity (Wildman–Crippen MR) is 31.9 cm³/mol. The van der Waals surface area contributed by atoms with Crippen molar-refractivity contribution >= 4 is 0 Å². The second-order valence-electron chi connectivity index (χ2n) is 1.63. The molecule has 4 heteroatoms. The van der Waals surface area contributed by atoms with Gasteiger partial charge in [-0.2, -0.15) is 0 Å². The molecule has 0 saturated carbocycles. The summed E-state index contributed by atoms with van der Waals surface area (Å²) in [6.07, 6.45) is 0.207. The summed E-state index contributed by atoms with van der Waals surface area (Å²) in [5, 5.41) is 8.77. The topological polar surface area (TPSA) is 84.3 Å². The molecule has 0 amide bonds. The Hall–Kier alpha value is -0.160. The largest absolute Gasteiger partial charge is 0.392 e. The number of rotatable bonds is 4. The molecule has 0 radical (unpaired) electrons. The van der Waals surface area contributed by atoms with Crippen molar-refractivity contribution < 1.29 is 5.11 Å². The summed E-state index contributed by atoms with van der Waals surface area (Å²) < 4.78 is 0. The molecule has 0 rings (SSSR count). The number of aliphatic hydroxyl groups is 1. The van der Waals surface area contributed by atoms with Crippen molar-refractivity contribution in [3.8, 4) is 0 Å². The van der Waals surface area contributed by atoms with Crippen LogP contribution in [0.4, 0.5) is 0 Å². The van der Waals surface area contributed by atoms with E-state index in [9.17, 15) is 0 Å². The fourth-order valence-corrected chi connectivity index (χ4v) is 0.368. The summed E-state index contributed by atoms with van der Waals surface area (Å²) in [6.45, 7) is 0.917. The van der Waals surface area contributed by atoms with Gasteiger partial charge in [-0.15, -0.1) is 0 Å². The lowest BCUT2D eigenvalue weighted by atomic mass is 10.2. The van der Waals surface area contributed by atoms with Crippen LogP contribution >= 0.6 is 0 Å². The Bertz CT molecular complexity index is 50.5. The Morgan fingerprint density at radius 1 is 1.62 bits per heavy atom. The minimum absolute atomic E-state index is 0.307. The minimum Gasteiger partial charge on any atom is -0.392 e. The van der Waals surface area contributed by atoms with Gasteiger partial charge >= 0.3 is 0 Å². The summed E-state index contributed by atoms with van der Waals surface area (Å²) >= 11 is 0. The smallest absolute Gasteiger partial charge is 0.0675 e. The van der Waals surface area contributed by atoms with Crippen LogP contribution in [0.5, 0.6) is 0 Å². The van der Waals surface area contributed by atoms with E-state index in [-0.39, 0.29) is 0 Å². The quantitative estimate of drug-likeness (QED) is 0.259. The molecule has 0 aliphatic carbocycles.